The van der Waals surface area contributed by atoms with Gasteiger partial charge < -0.3 is 5.32 Å². The number of hydrogen-bond acceptors (Lipinski definition) is 2. The van der Waals surface area contributed by atoms with Crippen molar-refractivity contribution >= 4 is 11.4 Å². The summed E-state index contributed by atoms with van der Waals surface area (Å²) >= 11 is 0. The van der Waals surface area contributed by atoms with Crippen LogP contribution in [0.4, 0.5) is 0 Å². The molecule has 3 aliphatic carbocycles. The summed E-state index contributed by atoms with van der Waals surface area (Å²) in [4.78, 5) is 5.02. The summed E-state index contributed by atoms with van der Waals surface area (Å²) in [6.45, 7) is 0. The van der Waals surface area contributed by atoms with Crippen molar-refractivity contribution in [1.29, 1.82) is 0 Å². The van der Waals surface area contributed by atoms with Crippen molar-refractivity contribution in [1.82, 2.24) is 5.32 Å². The first-order chi connectivity index (χ1) is 17.9. The Balaban J connectivity index is 1.21. The van der Waals surface area contributed by atoms with Gasteiger partial charge in [-0.15, -0.1) is 0 Å². The van der Waals surface area contributed by atoms with E-state index in [0.29, 0.717) is 11.8 Å². The van der Waals surface area contributed by atoms with Crippen molar-refractivity contribution in [2.75, 3.05) is 0 Å². The van der Waals surface area contributed by atoms with Crippen LogP contribution in [0.1, 0.15) is 45.7 Å². The maximum absolute atomic E-state index is 5.02. The fourth-order valence-corrected chi connectivity index (χ4v) is 6.45. The van der Waals surface area contributed by atoms with Gasteiger partial charge >= 0.3 is 0 Å². The third kappa shape index (κ3) is 2.76. The van der Waals surface area contributed by atoms with Crippen molar-refractivity contribution in [2.45, 2.75) is 17.9 Å². The smallest absolute Gasteiger partial charge is 0.0953 e. The largest absolute Gasteiger partial charge is 0.371 e. The Morgan fingerprint density at radius 1 is 0.583 bits per heavy atom. The Kier molecular flexibility index (Phi) is 4.15. The normalized spacial score (nSPS) is 21.9. The van der Waals surface area contributed by atoms with Gasteiger partial charge in [-0.3, -0.25) is 4.99 Å². The lowest BCUT2D eigenvalue weighted by Crippen LogP contribution is -2.33. The molecule has 4 aromatic carbocycles. The number of nitrogens with one attached hydrogen (secondary N) is 1. The summed E-state index contributed by atoms with van der Waals surface area (Å²) in [7, 11) is 0. The first kappa shape index (κ1) is 19.8. The van der Waals surface area contributed by atoms with Crippen molar-refractivity contribution in [3.8, 4) is 22.3 Å². The van der Waals surface area contributed by atoms with Gasteiger partial charge in [0.15, 0.2) is 0 Å². The van der Waals surface area contributed by atoms with Crippen LogP contribution in [0.25, 0.3) is 28.0 Å². The maximum atomic E-state index is 5.02. The molecule has 170 valence electrons. The van der Waals surface area contributed by atoms with Crippen LogP contribution < -0.4 is 5.32 Å². The van der Waals surface area contributed by atoms with Gasteiger partial charge in [-0.2, -0.15) is 0 Å². The van der Waals surface area contributed by atoms with E-state index in [1.54, 1.807) is 0 Å². The highest BCUT2D eigenvalue weighted by molar-refractivity contribution is 6.14. The van der Waals surface area contributed by atoms with Gasteiger partial charge in [0.25, 0.3) is 0 Å². The minimum Gasteiger partial charge on any atom is -0.371 e. The van der Waals surface area contributed by atoms with Gasteiger partial charge in [0, 0.05) is 17.4 Å². The van der Waals surface area contributed by atoms with Gasteiger partial charge in [-0.1, -0.05) is 109 Å². The Hall–Kier alpha value is -4.43. The van der Waals surface area contributed by atoms with E-state index < -0.39 is 0 Å². The van der Waals surface area contributed by atoms with Crippen LogP contribution in [-0.2, 0) is 0 Å². The monoisotopic (exact) mass is 460 g/mol. The molecular formula is C34H24N2. The summed E-state index contributed by atoms with van der Waals surface area (Å²) in [5, 5.41) is 3.84. The molecule has 3 atom stereocenters. The zero-order chi connectivity index (χ0) is 23.6. The van der Waals surface area contributed by atoms with E-state index >= 15 is 0 Å². The molecule has 0 aromatic heterocycles. The SMILES string of the molecule is C1=CC2c3c(-c4cccc(C5=CN=C6c7ccccc7-c7ccccc7C6N5)c4)cccc3[C@H]2C=C1. The average Bonchev–Trinajstić information content (AvgIpc) is 2.95. The molecule has 4 aliphatic rings. The highest BCUT2D eigenvalue weighted by Crippen LogP contribution is 2.53. The Morgan fingerprint density at radius 3 is 2.19 bits per heavy atom. The van der Waals surface area contributed by atoms with Gasteiger partial charge in [-0.25, -0.2) is 0 Å². The average molecular weight is 461 g/mol. The van der Waals surface area contributed by atoms with Crippen LogP contribution in [0.2, 0.25) is 0 Å². The predicted octanol–water partition coefficient (Wildman–Crippen LogP) is 7.77. The van der Waals surface area contributed by atoms with Crippen LogP contribution in [0.5, 0.6) is 0 Å². The Labute approximate surface area is 211 Å². The molecule has 0 saturated heterocycles. The Bertz CT molecular complexity index is 1680. The molecule has 1 aliphatic heterocycles. The second-order valence-electron chi connectivity index (χ2n) is 9.98. The fourth-order valence-electron chi connectivity index (χ4n) is 6.45. The number of aliphatic imine (C=N–C) groups is 1. The van der Waals surface area contributed by atoms with E-state index in [0.717, 1.165) is 11.4 Å². The van der Waals surface area contributed by atoms with Crippen molar-refractivity contribution in [3.63, 3.8) is 0 Å². The van der Waals surface area contributed by atoms with Crippen molar-refractivity contribution in [2.24, 2.45) is 4.99 Å². The zero-order valence-corrected chi connectivity index (χ0v) is 19.7. The molecule has 0 fully saturated rings. The molecule has 0 amide bonds. The molecule has 0 bridgehead atoms. The van der Waals surface area contributed by atoms with Gasteiger partial charge in [0.05, 0.1) is 23.7 Å². The van der Waals surface area contributed by atoms with Crippen LogP contribution in [-0.4, -0.2) is 5.71 Å². The van der Waals surface area contributed by atoms with Gasteiger partial charge in [-0.05, 0) is 50.6 Å². The molecule has 1 heterocycles. The number of hydrogen-bond donors (Lipinski definition) is 1. The summed E-state index contributed by atoms with van der Waals surface area (Å²) in [6.07, 6.45) is 11.0. The first-order valence-electron chi connectivity index (χ1n) is 12.7. The predicted molar refractivity (Wildman–Crippen MR) is 148 cm³/mol. The molecule has 0 spiro atoms. The van der Waals surface area contributed by atoms with Crippen molar-refractivity contribution < 1.29 is 0 Å². The molecule has 1 N–H and O–H groups in total. The number of nitrogens with zero attached hydrogens (tertiary/aromatic N) is 1. The molecule has 4 aromatic rings. The van der Waals surface area contributed by atoms with E-state index in [1.807, 2.05) is 6.20 Å². The van der Waals surface area contributed by atoms with Crippen LogP contribution in [0, 0.1) is 0 Å². The summed E-state index contributed by atoms with van der Waals surface area (Å²) in [5.41, 5.74) is 13.9. The fraction of sp³-hybridized carbons (Fsp3) is 0.0882. The molecular weight excluding hydrogens is 436 g/mol. The van der Waals surface area contributed by atoms with Crippen LogP contribution in [0.15, 0.2) is 126 Å². The lowest BCUT2D eigenvalue weighted by molar-refractivity contribution is 0.639. The van der Waals surface area contributed by atoms with E-state index in [-0.39, 0.29) is 6.04 Å². The third-order valence-corrected chi connectivity index (χ3v) is 8.12. The molecule has 0 saturated carbocycles. The van der Waals surface area contributed by atoms with E-state index in [1.165, 1.54) is 50.1 Å². The molecule has 8 rings (SSSR count). The molecule has 0 radical (unpaired) electrons. The number of benzene rings is 4. The van der Waals surface area contributed by atoms with Gasteiger partial charge in [0.2, 0.25) is 0 Å². The number of rotatable bonds is 2. The molecule has 2 heteroatoms. The minimum atomic E-state index is 0.0393. The van der Waals surface area contributed by atoms with E-state index in [4.69, 9.17) is 4.99 Å². The van der Waals surface area contributed by atoms with Crippen molar-refractivity contribution in [3.05, 3.63) is 149 Å². The number of fused-ring (bicyclic) bond motifs is 10. The molecule has 2 nitrogen and oxygen atoms in total. The minimum absolute atomic E-state index is 0.0393. The van der Waals surface area contributed by atoms with Crippen LogP contribution >= 0.6 is 0 Å². The lowest BCUT2D eigenvalue weighted by Gasteiger charge is -2.39. The third-order valence-electron chi connectivity index (χ3n) is 8.12. The second kappa shape index (κ2) is 7.53. The Morgan fingerprint density at radius 2 is 1.28 bits per heavy atom. The lowest BCUT2D eigenvalue weighted by atomic mass is 9.64. The number of allylic oxidation sites excluding steroid dienone is 4. The first-order valence-corrected chi connectivity index (χ1v) is 12.7. The highest BCUT2D eigenvalue weighted by Gasteiger charge is 2.37. The highest BCUT2D eigenvalue weighted by atomic mass is 15.0. The standard InChI is InChI=1S/C34H24N2/c1-4-14-27-26(13-1)28-18-8-17-23(32(27)28)21-9-7-10-22(19-21)31-20-35-33-29-15-5-2-11-24(29)25-12-3-6-16-30(25)34(33)36-31/h1-20,26-27,34,36H/t26-,27?,34?/m0/s1. The summed E-state index contributed by atoms with van der Waals surface area (Å²) in [5.74, 6) is 1.01. The zero-order valence-electron chi connectivity index (χ0n) is 19.7. The second-order valence-corrected chi connectivity index (χ2v) is 9.98. The molecule has 2 unspecified atom stereocenters. The molecule has 36 heavy (non-hydrogen) atoms. The van der Waals surface area contributed by atoms with Gasteiger partial charge in [0.1, 0.15) is 0 Å². The van der Waals surface area contributed by atoms with Crippen LogP contribution in [0.3, 0.4) is 0 Å². The topological polar surface area (TPSA) is 24.4 Å². The summed E-state index contributed by atoms with van der Waals surface area (Å²) < 4.78 is 0. The van der Waals surface area contributed by atoms with E-state index in [2.05, 4.69) is 121 Å². The van der Waals surface area contributed by atoms with E-state index in [9.17, 15) is 0 Å². The maximum Gasteiger partial charge on any atom is 0.0953 e. The summed E-state index contributed by atoms with van der Waals surface area (Å²) in [6, 6.07) is 33.0. The quantitative estimate of drug-likeness (QED) is 0.325.